The average Bonchev–Trinajstić information content (AvgIpc) is 2.82. The molecular formula is C32H40N4Na. The molecule has 0 fully saturated rings. The van der Waals surface area contributed by atoms with Gasteiger partial charge in [0.25, 0.3) is 0 Å². The first-order valence-electron chi connectivity index (χ1n) is 12.3. The van der Waals surface area contributed by atoms with E-state index in [1.54, 1.807) is 0 Å². The summed E-state index contributed by atoms with van der Waals surface area (Å²) in [6, 6.07) is 17.1. The van der Waals surface area contributed by atoms with Gasteiger partial charge in [-0.2, -0.15) is 0 Å². The van der Waals surface area contributed by atoms with Crippen molar-refractivity contribution in [2.75, 3.05) is 22.9 Å². The van der Waals surface area contributed by atoms with E-state index in [2.05, 4.69) is 48.5 Å². The Labute approximate surface area is 244 Å². The third kappa shape index (κ3) is 6.70. The van der Waals surface area contributed by atoms with E-state index in [-0.39, 0.29) is 29.6 Å². The van der Waals surface area contributed by atoms with E-state index in [1.807, 2.05) is 55.4 Å². The molecule has 0 heterocycles. The molecule has 4 nitrogen and oxygen atoms in total. The van der Waals surface area contributed by atoms with Crippen LogP contribution < -0.4 is 22.9 Å². The minimum atomic E-state index is 0. The molecule has 4 aromatic rings. The van der Waals surface area contributed by atoms with Crippen molar-refractivity contribution in [3.8, 4) is 22.3 Å². The molecule has 0 amide bonds. The van der Waals surface area contributed by atoms with Gasteiger partial charge in [0.05, 0.1) is 0 Å². The van der Waals surface area contributed by atoms with Crippen molar-refractivity contribution in [3.63, 3.8) is 0 Å². The van der Waals surface area contributed by atoms with Gasteiger partial charge in [0.1, 0.15) is 0 Å². The predicted octanol–water partition coefficient (Wildman–Crippen LogP) is 7.12. The van der Waals surface area contributed by atoms with Crippen LogP contribution in [0.3, 0.4) is 0 Å². The van der Waals surface area contributed by atoms with Crippen LogP contribution in [0.15, 0.2) is 48.5 Å². The van der Waals surface area contributed by atoms with Crippen LogP contribution in [0, 0.1) is 55.4 Å². The molecule has 0 unspecified atom stereocenters. The normalized spacial score (nSPS) is 10.4. The third-order valence-electron chi connectivity index (χ3n) is 7.04. The fourth-order valence-corrected chi connectivity index (χ4v) is 4.57. The number of aryl methyl sites for hydroxylation is 8. The molecule has 0 bridgehead atoms. The Bertz CT molecular complexity index is 1140. The van der Waals surface area contributed by atoms with E-state index in [0.717, 1.165) is 67.3 Å². The fraction of sp³-hybridized carbons (Fsp3) is 0.250. The van der Waals surface area contributed by atoms with Crippen LogP contribution in [0.1, 0.15) is 44.5 Å². The largest absolute Gasteiger partial charge is 0.398 e. The Balaban J connectivity index is 0.000000253. The summed E-state index contributed by atoms with van der Waals surface area (Å²) in [6.07, 6.45) is 0. The summed E-state index contributed by atoms with van der Waals surface area (Å²) in [4.78, 5) is 0. The molecule has 0 spiro atoms. The molecule has 0 aliphatic rings. The van der Waals surface area contributed by atoms with Gasteiger partial charge in [-0.3, -0.25) is 0 Å². The summed E-state index contributed by atoms with van der Waals surface area (Å²) in [5, 5.41) is 0. The number of nitrogen functional groups attached to an aromatic ring is 4. The first-order valence-corrected chi connectivity index (χ1v) is 12.3. The zero-order valence-electron chi connectivity index (χ0n) is 23.9. The SMILES string of the molecule is Cc1cc(-c2cc(C)c(N)c(C)c2)cc(C)c1N.Cc1cc(-c2cc(C)c(N)c(C)c2)cc(C)c1N.[Na]. The van der Waals surface area contributed by atoms with Crippen LogP contribution in [0.4, 0.5) is 22.7 Å². The molecule has 0 saturated heterocycles. The van der Waals surface area contributed by atoms with Gasteiger partial charge in [0.15, 0.2) is 0 Å². The number of rotatable bonds is 2. The zero-order chi connectivity index (χ0) is 26.9. The molecule has 0 aliphatic heterocycles. The van der Waals surface area contributed by atoms with E-state index in [4.69, 9.17) is 22.9 Å². The quantitative estimate of drug-likeness (QED) is 0.173. The molecule has 0 atom stereocenters. The Morgan fingerprint density at radius 2 is 0.405 bits per heavy atom. The van der Waals surface area contributed by atoms with Crippen molar-refractivity contribution in [1.82, 2.24) is 0 Å². The van der Waals surface area contributed by atoms with Gasteiger partial charge in [-0.1, -0.05) is 0 Å². The molecule has 0 saturated carbocycles. The van der Waals surface area contributed by atoms with Gasteiger partial charge in [0, 0.05) is 52.3 Å². The number of benzene rings is 4. The average molecular weight is 504 g/mol. The molecule has 37 heavy (non-hydrogen) atoms. The topological polar surface area (TPSA) is 104 Å². The molecule has 8 N–H and O–H groups in total. The van der Waals surface area contributed by atoms with E-state index >= 15 is 0 Å². The van der Waals surface area contributed by atoms with Crippen molar-refractivity contribution < 1.29 is 0 Å². The summed E-state index contributed by atoms with van der Waals surface area (Å²) >= 11 is 0. The van der Waals surface area contributed by atoms with Crippen LogP contribution in [0.5, 0.6) is 0 Å². The number of hydrogen-bond acceptors (Lipinski definition) is 4. The molecule has 5 heteroatoms. The second kappa shape index (κ2) is 12.1. The standard InChI is InChI=1S/2C16H20N2.Na/c2*1-9-5-13(6-10(2)15(9)17)14-7-11(3)16(18)12(4)8-14;/h2*5-8H,17-18H2,1-4H3;. The monoisotopic (exact) mass is 503 g/mol. The second-order valence-corrected chi connectivity index (χ2v) is 10.1. The second-order valence-electron chi connectivity index (χ2n) is 10.1. The van der Waals surface area contributed by atoms with Gasteiger partial charge >= 0.3 is 0 Å². The van der Waals surface area contributed by atoms with Crippen LogP contribution >= 0.6 is 0 Å². The maximum absolute atomic E-state index is 5.99. The smallest absolute Gasteiger partial charge is 0.0373 e. The van der Waals surface area contributed by atoms with Gasteiger partial charge in [0.2, 0.25) is 0 Å². The van der Waals surface area contributed by atoms with Crippen LogP contribution in [0.25, 0.3) is 22.3 Å². The molecule has 4 rings (SSSR count). The summed E-state index contributed by atoms with van der Waals surface area (Å²) in [5.74, 6) is 0. The third-order valence-corrected chi connectivity index (χ3v) is 7.04. The van der Waals surface area contributed by atoms with Gasteiger partial charge in [-0.05, 0) is 171 Å². The Hall–Kier alpha value is -2.92. The summed E-state index contributed by atoms with van der Waals surface area (Å²) in [6.45, 7) is 16.4. The molecule has 4 aromatic carbocycles. The Morgan fingerprint density at radius 1 is 0.297 bits per heavy atom. The summed E-state index contributed by atoms with van der Waals surface area (Å²) < 4.78 is 0. The van der Waals surface area contributed by atoms with Crippen LogP contribution in [-0.4, -0.2) is 29.6 Å². The Kier molecular flexibility index (Phi) is 9.90. The first kappa shape index (κ1) is 30.3. The van der Waals surface area contributed by atoms with Gasteiger partial charge in [-0.15, -0.1) is 0 Å². The van der Waals surface area contributed by atoms with Crippen molar-refractivity contribution in [2.24, 2.45) is 0 Å². The van der Waals surface area contributed by atoms with Crippen LogP contribution in [0.2, 0.25) is 0 Å². The molecule has 0 aliphatic carbocycles. The molecule has 0 aromatic heterocycles. The van der Waals surface area contributed by atoms with E-state index in [9.17, 15) is 0 Å². The van der Waals surface area contributed by atoms with Crippen molar-refractivity contribution in [1.29, 1.82) is 0 Å². The summed E-state index contributed by atoms with van der Waals surface area (Å²) in [7, 11) is 0. The first-order chi connectivity index (χ1) is 16.8. The fourth-order valence-electron chi connectivity index (χ4n) is 4.57. The Morgan fingerprint density at radius 3 is 0.514 bits per heavy atom. The number of hydrogen-bond donors (Lipinski definition) is 4. The van der Waals surface area contributed by atoms with Crippen molar-refractivity contribution in [3.05, 3.63) is 93.0 Å². The summed E-state index contributed by atoms with van der Waals surface area (Å²) in [5.41, 5.74) is 41.3. The maximum Gasteiger partial charge on any atom is 0.0373 e. The van der Waals surface area contributed by atoms with Crippen molar-refractivity contribution >= 4 is 52.3 Å². The van der Waals surface area contributed by atoms with Gasteiger partial charge in [-0.25, -0.2) is 0 Å². The zero-order valence-corrected chi connectivity index (χ0v) is 25.9. The molecular weight excluding hydrogens is 463 g/mol. The minimum absolute atomic E-state index is 0. The molecule has 189 valence electrons. The van der Waals surface area contributed by atoms with Gasteiger partial charge < -0.3 is 22.9 Å². The number of anilines is 4. The predicted molar refractivity (Wildman–Crippen MR) is 165 cm³/mol. The van der Waals surface area contributed by atoms with Crippen LogP contribution in [-0.2, 0) is 0 Å². The van der Waals surface area contributed by atoms with Crippen molar-refractivity contribution in [2.45, 2.75) is 55.4 Å². The van der Waals surface area contributed by atoms with E-state index in [1.165, 1.54) is 22.3 Å². The maximum atomic E-state index is 5.99. The minimum Gasteiger partial charge on any atom is -0.398 e. The molecule has 1 radical (unpaired) electrons. The van der Waals surface area contributed by atoms with E-state index in [0.29, 0.717) is 0 Å². The van der Waals surface area contributed by atoms with E-state index < -0.39 is 0 Å². The number of nitrogens with two attached hydrogens (primary N) is 4.